The van der Waals surface area contributed by atoms with E-state index < -0.39 is 0 Å². The third-order valence-electron chi connectivity index (χ3n) is 4.43. The van der Waals surface area contributed by atoms with E-state index in [-0.39, 0.29) is 0 Å². The molecule has 0 saturated heterocycles. The van der Waals surface area contributed by atoms with Crippen LogP contribution in [0.15, 0.2) is 24.3 Å². The van der Waals surface area contributed by atoms with Crippen molar-refractivity contribution < 1.29 is 0 Å². The lowest BCUT2D eigenvalue weighted by Gasteiger charge is -2.32. The van der Waals surface area contributed by atoms with E-state index in [0.717, 1.165) is 19.0 Å². The molecule has 1 aliphatic carbocycles. The molecular weight excluding hydrogens is 232 g/mol. The molecule has 0 bridgehead atoms. The van der Waals surface area contributed by atoms with Gasteiger partial charge in [-0.15, -0.1) is 0 Å². The van der Waals surface area contributed by atoms with Gasteiger partial charge in [0.25, 0.3) is 0 Å². The number of fused-ring (bicyclic) bond motifs is 1. The molecule has 0 amide bonds. The minimum absolute atomic E-state index is 0.676. The van der Waals surface area contributed by atoms with Crippen molar-refractivity contribution in [3.8, 4) is 0 Å². The molecular formula is C17H26N2. The van der Waals surface area contributed by atoms with Crippen molar-refractivity contribution in [3.05, 3.63) is 35.4 Å². The lowest BCUT2D eigenvalue weighted by atomic mass is 9.90. The van der Waals surface area contributed by atoms with Gasteiger partial charge in [-0.2, -0.15) is 0 Å². The first-order valence-corrected chi connectivity index (χ1v) is 7.87. The first-order chi connectivity index (χ1) is 9.36. The summed E-state index contributed by atoms with van der Waals surface area (Å²) >= 11 is 0. The zero-order valence-electron chi connectivity index (χ0n) is 12.1. The van der Waals surface area contributed by atoms with Crippen LogP contribution in [0.3, 0.4) is 0 Å². The number of nitrogens with zero attached hydrogens (tertiary/aromatic N) is 1. The molecule has 2 heteroatoms. The minimum Gasteiger partial charge on any atom is -0.312 e. The molecule has 1 aromatic carbocycles. The highest BCUT2D eigenvalue weighted by Gasteiger charge is 2.27. The number of rotatable bonds is 6. The maximum Gasteiger partial charge on any atom is 0.0208 e. The summed E-state index contributed by atoms with van der Waals surface area (Å²) in [6.45, 7) is 8.30. The fourth-order valence-corrected chi connectivity index (χ4v) is 3.30. The Morgan fingerprint density at radius 2 is 2.05 bits per heavy atom. The number of benzene rings is 1. The molecule has 2 nitrogen and oxygen atoms in total. The van der Waals surface area contributed by atoms with Crippen molar-refractivity contribution in [3.63, 3.8) is 0 Å². The molecule has 0 spiro atoms. The van der Waals surface area contributed by atoms with Crippen molar-refractivity contribution in [2.75, 3.05) is 26.2 Å². The van der Waals surface area contributed by atoms with Gasteiger partial charge in [0.1, 0.15) is 0 Å². The smallest absolute Gasteiger partial charge is 0.0208 e. The molecule has 1 saturated carbocycles. The molecule has 1 fully saturated rings. The highest BCUT2D eigenvalue weighted by Crippen LogP contribution is 2.31. The van der Waals surface area contributed by atoms with Crippen molar-refractivity contribution in [1.29, 1.82) is 0 Å². The maximum absolute atomic E-state index is 3.58. The molecule has 0 radical (unpaired) electrons. The summed E-state index contributed by atoms with van der Waals surface area (Å²) in [6, 6.07) is 8.97. The predicted octanol–water partition coefficient (Wildman–Crippen LogP) is 3.00. The van der Waals surface area contributed by atoms with Gasteiger partial charge in [0.05, 0.1) is 0 Å². The molecule has 104 valence electrons. The van der Waals surface area contributed by atoms with Crippen LogP contribution in [0.25, 0.3) is 0 Å². The fraction of sp³-hybridized carbons (Fsp3) is 0.647. The third-order valence-corrected chi connectivity index (χ3v) is 4.43. The highest BCUT2D eigenvalue weighted by atomic mass is 15.1. The Balaban J connectivity index is 1.67. The quantitative estimate of drug-likeness (QED) is 0.844. The zero-order valence-corrected chi connectivity index (χ0v) is 12.1. The lowest BCUT2D eigenvalue weighted by Crippen LogP contribution is -2.38. The SMILES string of the molecule is CCCN(CC1CC1)CC1CNCc2ccccc21. The molecule has 1 aromatic rings. The van der Waals surface area contributed by atoms with Gasteiger partial charge in [0, 0.05) is 32.1 Å². The largest absolute Gasteiger partial charge is 0.312 e. The van der Waals surface area contributed by atoms with Crippen LogP contribution in [0.2, 0.25) is 0 Å². The lowest BCUT2D eigenvalue weighted by molar-refractivity contribution is 0.241. The van der Waals surface area contributed by atoms with Crippen molar-refractivity contribution >= 4 is 0 Å². The van der Waals surface area contributed by atoms with Crippen LogP contribution < -0.4 is 5.32 Å². The Kier molecular flexibility index (Phi) is 4.19. The summed E-state index contributed by atoms with van der Waals surface area (Å²) in [7, 11) is 0. The monoisotopic (exact) mass is 258 g/mol. The van der Waals surface area contributed by atoms with Gasteiger partial charge in [0.15, 0.2) is 0 Å². The van der Waals surface area contributed by atoms with Gasteiger partial charge < -0.3 is 10.2 Å². The highest BCUT2D eigenvalue weighted by molar-refractivity contribution is 5.32. The summed E-state index contributed by atoms with van der Waals surface area (Å²) in [6.07, 6.45) is 4.19. The van der Waals surface area contributed by atoms with E-state index in [1.807, 2.05) is 0 Å². The van der Waals surface area contributed by atoms with Crippen LogP contribution in [-0.2, 0) is 6.54 Å². The van der Waals surface area contributed by atoms with Gasteiger partial charge in [-0.1, -0.05) is 31.2 Å². The number of hydrogen-bond acceptors (Lipinski definition) is 2. The molecule has 1 atom stereocenters. The van der Waals surface area contributed by atoms with Gasteiger partial charge in [-0.3, -0.25) is 0 Å². The normalized spacial score (nSPS) is 22.5. The molecule has 0 aromatic heterocycles. The van der Waals surface area contributed by atoms with Gasteiger partial charge in [-0.25, -0.2) is 0 Å². The minimum atomic E-state index is 0.676. The van der Waals surface area contributed by atoms with Gasteiger partial charge in [-0.05, 0) is 42.9 Å². The molecule has 19 heavy (non-hydrogen) atoms. The van der Waals surface area contributed by atoms with Crippen LogP contribution in [0.5, 0.6) is 0 Å². The van der Waals surface area contributed by atoms with E-state index in [9.17, 15) is 0 Å². The van der Waals surface area contributed by atoms with Gasteiger partial charge >= 0.3 is 0 Å². The van der Waals surface area contributed by atoms with E-state index >= 15 is 0 Å². The first kappa shape index (κ1) is 13.1. The second-order valence-corrected chi connectivity index (χ2v) is 6.23. The van der Waals surface area contributed by atoms with E-state index in [2.05, 4.69) is 41.4 Å². The van der Waals surface area contributed by atoms with Crippen LogP contribution in [-0.4, -0.2) is 31.1 Å². The number of hydrogen-bond donors (Lipinski definition) is 1. The maximum atomic E-state index is 3.58. The zero-order chi connectivity index (χ0) is 13.1. The Morgan fingerprint density at radius 3 is 2.84 bits per heavy atom. The average Bonchev–Trinajstić information content (AvgIpc) is 3.23. The van der Waals surface area contributed by atoms with E-state index in [4.69, 9.17) is 0 Å². The second kappa shape index (κ2) is 6.06. The molecule has 3 rings (SSSR count). The van der Waals surface area contributed by atoms with Crippen LogP contribution in [0.4, 0.5) is 0 Å². The van der Waals surface area contributed by atoms with E-state index in [0.29, 0.717) is 5.92 Å². The Hall–Kier alpha value is -0.860. The summed E-state index contributed by atoms with van der Waals surface area (Å²) in [5.74, 6) is 1.67. The fourth-order valence-electron chi connectivity index (χ4n) is 3.30. The van der Waals surface area contributed by atoms with Crippen LogP contribution >= 0.6 is 0 Å². The molecule has 1 unspecified atom stereocenters. The van der Waals surface area contributed by atoms with E-state index in [1.165, 1.54) is 44.5 Å². The Bertz CT molecular complexity index is 411. The van der Waals surface area contributed by atoms with Crippen LogP contribution in [0.1, 0.15) is 43.2 Å². The van der Waals surface area contributed by atoms with Crippen molar-refractivity contribution in [1.82, 2.24) is 10.2 Å². The Labute approximate surface area is 117 Å². The molecule has 1 N–H and O–H groups in total. The summed E-state index contributed by atoms with van der Waals surface area (Å²) in [5, 5.41) is 3.58. The second-order valence-electron chi connectivity index (χ2n) is 6.23. The molecule has 1 aliphatic heterocycles. The summed E-state index contributed by atoms with van der Waals surface area (Å²) in [4.78, 5) is 2.70. The predicted molar refractivity (Wildman–Crippen MR) is 80.3 cm³/mol. The molecule has 2 aliphatic rings. The standard InChI is InChI=1S/C17H26N2/c1-2-9-19(12-14-7-8-14)13-16-11-18-10-15-5-3-4-6-17(15)16/h3-6,14,16,18H,2,7-13H2,1H3. The van der Waals surface area contributed by atoms with Crippen LogP contribution in [0, 0.1) is 5.92 Å². The summed E-state index contributed by atoms with van der Waals surface area (Å²) in [5.41, 5.74) is 3.08. The average molecular weight is 258 g/mol. The van der Waals surface area contributed by atoms with E-state index in [1.54, 1.807) is 5.56 Å². The molecule has 1 heterocycles. The Morgan fingerprint density at radius 1 is 1.21 bits per heavy atom. The number of nitrogens with one attached hydrogen (secondary N) is 1. The van der Waals surface area contributed by atoms with Crippen molar-refractivity contribution in [2.45, 2.75) is 38.6 Å². The van der Waals surface area contributed by atoms with Gasteiger partial charge in [0.2, 0.25) is 0 Å². The summed E-state index contributed by atoms with van der Waals surface area (Å²) < 4.78 is 0. The third kappa shape index (κ3) is 3.37. The topological polar surface area (TPSA) is 15.3 Å². The first-order valence-electron chi connectivity index (χ1n) is 7.87. The van der Waals surface area contributed by atoms with Crippen molar-refractivity contribution in [2.24, 2.45) is 5.92 Å².